The highest BCUT2D eigenvalue weighted by atomic mass is 16.4. The number of aliphatic hydroxyl groups excluding tert-OH is 1. The van der Waals surface area contributed by atoms with E-state index >= 15 is 0 Å². The number of aliphatic hydroxyl groups is 1. The first-order valence-corrected chi connectivity index (χ1v) is 6.03. The molecule has 18 heavy (non-hydrogen) atoms. The fourth-order valence-electron chi connectivity index (χ4n) is 1.65. The standard InChI is InChI=1S/C13H21N3O2/c1-10(13(14)16-18)8-15-12(9-17)7-11-5-3-2-4-6-11/h2-6,10,12,15,17-18H,7-9H2,1H3,(H2,14,16). The lowest BCUT2D eigenvalue weighted by Gasteiger charge is -2.19. The van der Waals surface area contributed by atoms with E-state index in [0.717, 1.165) is 6.42 Å². The van der Waals surface area contributed by atoms with E-state index in [-0.39, 0.29) is 24.4 Å². The van der Waals surface area contributed by atoms with Crippen molar-refractivity contribution in [1.82, 2.24) is 5.32 Å². The van der Waals surface area contributed by atoms with Crippen LogP contribution in [-0.4, -0.2) is 35.3 Å². The summed E-state index contributed by atoms with van der Waals surface area (Å²) in [4.78, 5) is 0. The Morgan fingerprint density at radius 2 is 2.06 bits per heavy atom. The quantitative estimate of drug-likeness (QED) is 0.247. The van der Waals surface area contributed by atoms with E-state index in [2.05, 4.69) is 10.5 Å². The fraction of sp³-hybridized carbons (Fsp3) is 0.462. The van der Waals surface area contributed by atoms with Crippen LogP contribution in [0.2, 0.25) is 0 Å². The van der Waals surface area contributed by atoms with Crippen molar-refractivity contribution >= 4 is 5.84 Å². The summed E-state index contributed by atoms with van der Waals surface area (Å²) in [6, 6.07) is 9.94. The average Bonchev–Trinajstić information content (AvgIpc) is 2.43. The van der Waals surface area contributed by atoms with Crippen LogP contribution in [0.15, 0.2) is 35.5 Å². The molecule has 0 fully saturated rings. The molecule has 0 aliphatic heterocycles. The molecule has 5 nitrogen and oxygen atoms in total. The maximum absolute atomic E-state index is 9.32. The zero-order valence-electron chi connectivity index (χ0n) is 10.6. The Morgan fingerprint density at radius 3 is 2.61 bits per heavy atom. The number of nitrogens with two attached hydrogens (primary N) is 1. The second kappa shape index (κ2) is 7.68. The second-order valence-corrected chi connectivity index (χ2v) is 4.40. The summed E-state index contributed by atoms with van der Waals surface area (Å²) in [6.07, 6.45) is 0.750. The minimum absolute atomic E-state index is 0.0265. The molecule has 1 aromatic rings. The van der Waals surface area contributed by atoms with Gasteiger partial charge < -0.3 is 21.4 Å². The predicted molar refractivity (Wildman–Crippen MR) is 71.6 cm³/mol. The highest BCUT2D eigenvalue weighted by Crippen LogP contribution is 2.03. The molecule has 0 radical (unpaired) electrons. The summed E-state index contributed by atoms with van der Waals surface area (Å²) >= 11 is 0. The molecule has 0 saturated heterocycles. The Bertz CT molecular complexity index is 368. The molecule has 100 valence electrons. The third-order valence-corrected chi connectivity index (χ3v) is 2.88. The monoisotopic (exact) mass is 251 g/mol. The Balaban J connectivity index is 2.43. The molecule has 0 aliphatic carbocycles. The van der Waals surface area contributed by atoms with E-state index in [1.165, 1.54) is 5.56 Å². The molecule has 5 N–H and O–H groups in total. The number of rotatable bonds is 7. The molecule has 5 heteroatoms. The molecule has 0 bridgehead atoms. The molecule has 0 aliphatic rings. The molecule has 0 saturated carbocycles. The van der Waals surface area contributed by atoms with Gasteiger partial charge in [-0.3, -0.25) is 0 Å². The minimum atomic E-state index is -0.0696. The highest BCUT2D eigenvalue weighted by molar-refractivity contribution is 5.82. The lowest BCUT2D eigenvalue weighted by Crippen LogP contribution is -2.40. The maximum atomic E-state index is 9.32. The van der Waals surface area contributed by atoms with Gasteiger partial charge in [0.2, 0.25) is 0 Å². The van der Waals surface area contributed by atoms with Crippen LogP contribution >= 0.6 is 0 Å². The van der Waals surface area contributed by atoms with Gasteiger partial charge in [0.05, 0.1) is 6.61 Å². The molecular weight excluding hydrogens is 230 g/mol. The molecule has 0 amide bonds. The van der Waals surface area contributed by atoms with Gasteiger partial charge in [-0.15, -0.1) is 0 Å². The SMILES string of the molecule is CC(CNC(CO)Cc1ccccc1)C(N)=NO. The number of hydrogen-bond acceptors (Lipinski definition) is 4. The minimum Gasteiger partial charge on any atom is -0.409 e. The van der Waals surface area contributed by atoms with E-state index < -0.39 is 0 Å². The van der Waals surface area contributed by atoms with Crippen LogP contribution in [0.1, 0.15) is 12.5 Å². The molecule has 1 rings (SSSR count). The van der Waals surface area contributed by atoms with Gasteiger partial charge in [0.15, 0.2) is 0 Å². The van der Waals surface area contributed by atoms with Crippen LogP contribution < -0.4 is 11.1 Å². The molecule has 1 aromatic carbocycles. The van der Waals surface area contributed by atoms with E-state index in [9.17, 15) is 5.11 Å². The number of hydrogen-bond donors (Lipinski definition) is 4. The topological polar surface area (TPSA) is 90.9 Å². The van der Waals surface area contributed by atoms with Crippen LogP contribution in [0.4, 0.5) is 0 Å². The zero-order valence-corrected chi connectivity index (χ0v) is 10.6. The van der Waals surface area contributed by atoms with E-state index in [1.807, 2.05) is 37.3 Å². The van der Waals surface area contributed by atoms with Crippen LogP contribution in [0.5, 0.6) is 0 Å². The molecule has 0 spiro atoms. The molecular formula is C13H21N3O2. The Labute approximate surface area is 107 Å². The predicted octanol–water partition coefficient (Wildman–Crippen LogP) is 0.562. The lowest BCUT2D eigenvalue weighted by molar-refractivity contribution is 0.239. The van der Waals surface area contributed by atoms with Crippen LogP contribution in [0.3, 0.4) is 0 Å². The molecule has 0 aromatic heterocycles. The Morgan fingerprint density at radius 1 is 1.39 bits per heavy atom. The third kappa shape index (κ3) is 4.73. The average molecular weight is 251 g/mol. The number of benzene rings is 1. The van der Waals surface area contributed by atoms with Gasteiger partial charge in [-0.2, -0.15) is 0 Å². The first-order chi connectivity index (χ1) is 8.67. The summed E-state index contributed by atoms with van der Waals surface area (Å²) < 4.78 is 0. The van der Waals surface area contributed by atoms with Gasteiger partial charge in [0, 0.05) is 18.5 Å². The molecule has 2 unspecified atom stereocenters. The first-order valence-electron chi connectivity index (χ1n) is 6.03. The van der Waals surface area contributed by atoms with Gasteiger partial charge in [0.25, 0.3) is 0 Å². The normalized spacial score (nSPS) is 15.3. The number of oxime groups is 1. The largest absolute Gasteiger partial charge is 0.409 e. The van der Waals surface area contributed by atoms with Crippen molar-refractivity contribution in [1.29, 1.82) is 0 Å². The smallest absolute Gasteiger partial charge is 0.143 e. The number of nitrogens with zero attached hydrogens (tertiary/aromatic N) is 1. The van der Waals surface area contributed by atoms with Crippen molar-refractivity contribution in [3.63, 3.8) is 0 Å². The zero-order chi connectivity index (χ0) is 13.4. The van der Waals surface area contributed by atoms with E-state index in [4.69, 9.17) is 10.9 Å². The van der Waals surface area contributed by atoms with Gasteiger partial charge in [-0.25, -0.2) is 0 Å². The third-order valence-electron chi connectivity index (χ3n) is 2.88. The van der Waals surface area contributed by atoms with Crippen molar-refractivity contribution in [3.8, 4) is 0 Å². The Hall–Kier alpha value is -1.59. The summed E-state index contributed by atoms with van der Waals surface area (Å²) in [5.41, 5.74) is 6.66. The maximum Gasteiger partial charge on any atom is 0.143 e. The first kappa shape index (κ1) is 14.5. The summed E-state index contributed by atoms with van der Waals surface area (Å²) in [5, 5.41) is 24.1. The number of amidine groups is 1. The van der Waals surface area contributed by atoms with Crippen molar-refractivity contribution in [2.75, 3.05) is 13.2 Å². The lowest BCUT2D eigenvalue weighted by atomic mass is 10.1. The van der Waals surface area contributed by atoms with Crippen molar-refractivity contribution in [2.24, 2.45) is 16.8 Å². The van der Waals surface area contributed by atoms with Crippen molar-refractivity contribution in [2.45, 2.75) is 19.4 Å². The number of nitrogens with one attached hydrogen (secondary N) is 1. The second-order valence-electron chi connectivity index (χ2n) is 4.40. The molecule has 2 atom stereocenters. The van der Waals surface area contributed by atoms with Gasteiger partial charge in [-0.05, 0) is 12.0 Å². The van der Waals surface area contributed by atoms with E-state index in [1.54, 1.807) is 0 Å². The Kier molecular flexibility index (Phi) is 6.18. The molecule has 0 heterocycles. The summed E-state index contributed by atoms with van der Waals surface area (Å²) in [7, 11) is 0. The summed E-state index contributed by atoms with van der Waals surface area (Å²) in [6.45, 7) is 2.48. The van der Waals surface area contributed by atoms with Crippen molar-refractivity contribution < 1.29 is 10.3 Å². The van der Waals surface area contributed by atoms with Crippen LogP contribution in [0, 0.1) is 5.92 Å². The van der Waals surface area contributed by atoms with E-state index in [0.29, 0.717) is 6.54 Å². The van der Waals surface area contributed by atoms with Gasteiger partial charge in [-0.1, -0.05) is 42.4 Å². The van der Waals surface area contributed by atoms with Gasteiger partial charge >= 0.3 is 0 Å². The van der Waals surface area contributed by atoms with Gasteiger partial charge in [0.1, 0.15) is 5.84 Å². The fourth-order valence-corrected chi connectivity index (χ4v) is 1.65. The summed E-state index contributed by atoms with van der Waals surface area (Å²) in [5.74, 6) is 0.124. The van der Waals surface area contributed by atoms with Crippen molar-refractivity contribution in [3.05, 3.63) is 35.9 Å². The van der Waals surface area contributed by atoms with Crippen LogP contribution in [0.25, 0.3) is 0 Å². The highest BCUT2D eigenvalue weighted by Gasteiger charge is 2.12. The van der Waals surface area contributed by atoms with Crippen LogP contribution in [-0.2, 0) is 6.42 Å².